The zero-order chi connectivity index (χ0) is 41.1. The molecule has 0 fully saturated rings. The van der Waals surface area contributed by atoms with E-state index in [4.69, 9.17) is 0 Å². The second-order valence-corrected chi connectivity index (χ2v) is 32.4. The molecule has 0 nitrogen and oxygen atoms in total. The van der Waals surface area contributed by atoms with Gasteiger partial charge in [-0.1, -0.05) is 0 Å². The van der Waals surface area contributed by atoms with Crippen molar-refractivity contribution in [1.29, 1.82) is 0 Å². The first-order chi connectivity index (χ1) is 30.7. The van der Waals surface area contributed by atoms with Crippen LogP contribution in [0.1, 0.15) is 0 Å². The van der Waals surface area contributed by atoms with Crippen LogP contribution in [0.15, 0.2) is 255 Å². The van der Waals surface area contributed by atoms with Crippen molar-refractivity contribution in [3.8, 4) is 55.6 Å². The molecule has 0 radical (unpaired) electrons. The molecule has 0 N–H and O–H groups in total. The SMILES string of the molecule is c1ccc(-c2cc(-c3cc[c]4c(c3)-c3cccc[c]3[Ge]4([c]3ccccc3)[c]3ccccc3)cc(-c3cc[c]4c(c3)-c3cccc[c]3[Ge]4([c]3ccccc3)[c]3ccccc3)c2)cc1. The minimum absolute atomic E-state index is 1.22. The zero-order valence-electron chi connectivity index (χ0n) is 34.2. The number of hydrogen-bond acceptors (Lipinski definition) is 0. The van der Waals surface area contributed by atoms with E-state index >= 15 is 0 Å². The van der Waals surface area contributed by atoms with Crippen LogP contribution in [0, 0.1) is 0 Å². The quantitative estimate of drug-likeness (QED) is 0.140. The van der Waals surface area contributed by atoms with Crippen molar-refractivity contribution in [2.24, 2.45) is 0 Å². The molecule has 0 aromatic heterocycles. The van der Waals surface area contributed by atoms with E-state index < -0.39 is 26.5 Å². The van der Waals surface area contributed by atoms with Gasteiger partial charge in [0.1, 0.15) is 0 Å². The Morgan fingerprint density at radius 2 is 0.468 bits per heavy atom. The summed E-state index contributed by atoms with van der Waals surface area (Å²) in [5.74, 6) is 0. The van der Waals surface area contributed by atoms with Gasteiger partial charge < -0.3 is 0 Å². The van der Waals surface area contributed by atoms with Gasteiger partial charge in [-0.15, -0.1) is 0 Å². The third-order valence-electron chi connectivity index (χ3n) is 13.6. The monoisotopic (exact) mass is 910 g/mol. The molecule has 10 aromatic carbocycles. The summed E-state index contributed by atoms with van der Waals surface area (Å²) >= 11 is -6.65. The summed E-state index contributed by atoms with van der Waals surface area (Å²) in [7, 11) is 0. The first kappa shape index (κ1) is 37.1. The molecule has 2 heterocycles. The van der Waals surface area contributed by atoms with Gasteiger partial charge in [0.15, 0.2) is 0 Å². The molecule has 12 rings (SSSR count). The van der Waals surface area contributed by atoms with Gasteiger partial charge in [0, 0.05) is 0 Å². The van der Waals surface area contributed by atoms with Gasteiger partial charge in [-0.05, 0) is 0 Å². The Labute approximate surface area is 369 Å². The molecule has 10 aromatic rings. The summed E-state index contributed by atoms with van der Waals surface area (Å²) in [4.78, 5) is 0. The Balaban J connectivity index is 1.06. The summed E-state index contributed by atoms with van der Waals surface area (Å²) in [6.45, 7) is 0. The first-order valence-electron chi connectivity index (χ1n) is 21.7. The van der Waals surface area contributed by atoms with E-state index in [-0.39, 0.29) is 0 Å². The van der Waals surface area contributed by atoms with Gasteiger partial charge in [0.25, 0.3) is 0 Å². The van der Waals surface area contributed by atoms with Crippen LogP contribution in [0.4, 0.5) is 0 Å². The molecule has 2 aliphatic rings. The molecule has 2 aliphatic heterocycles. The van der Waals surface area contributed by atoms with Crippen molar-refractivity contribution < 1.29 is 0 Å². The predicted octanol–water partition coefficient (Wildman–Crippen LogP) is 9.40. The second kappa shape index (κ2) is 15.0. The van der Waals surface area contributed by atoms with Gasteiger partial charge in [-0.3, -0.25) is 0 Å². The van der Waals surface area contributed by atoms with E-state index in [0.717, 1.165) is 0 Å². The second-order valence-electron chi connectivity index (χ2n) is 16.7. The van der Waals surface area contributed by atoms with E-state index in [0.29, 0.717) is 0 Å². The van der Waals surface area contributed by atoms with Crippen LogP contribution in [-0.2, 0) is 0 Å². The van der Waals surface area contributed by atoms with Crippen LogP contribution in [0.3, 0.4) is 0 Å². The minimum atomic E-state index is -3.32. The van der Waals surface area contributed by atoms with Gasteiger partial charge in [0.05, 0.1) is 0 Å². The van der Waals surface area contributed by atoms with Crippen molar-refractivity contribution in [3.05, 3.63) is 255 Å². The maximum absolute atomic E-state index is 3.32. The summed E-state index contributed by atoms with van der Waals surface area (Å²) in [5, 5.41) is 0. The maximum atomic E-state index is 2.50. The zero-order valence-corrected chi connectivity index (χ0v) is 38.4. The molecule has 0 aliphatic carbocycles. The Morgan fingerprint density at radius 3 is 0.839 bits per heavy atom. The van der Waals surface area contributed by atoms with Crippen LogP contribution >= 0.6 is 0 Å². The topological polar surface area (TPSA) is 0 Å². The Morgan fingerprint density at radius 1 is 0.177 bits per heavy atom. The van der Waals surface area contributed by atoms with Crippen molar-refractivity contribution in [2.75, 3.05) is 0 Å². The molecule has 0 bridgehead atoms. The number of benzene rings is 10. The van der Waals surface area contributed by atoms with Gasteiger partial charge in [0.2, 0.25) is 0 Å². The van der Waals surface area contributed by atoms with Crippen LogP contribution in [0.2, 0.25) is 0 Å². The standard InChI is InChI=1S/C60H42Ge2/c1-6-20-43(21-7-1)46-38-47(44-34-36-59-55(41-44)53-30-16-18-32-57(53)61(59,49-22-8-2-9-23-49)50-24-10-3-11-25-50)40-48(39-46)45-35-37-60-56(42-45)54-31-17-19-33-58(54)62(60,51-26-12-4-13-27-51)52-28-14-5-15-29-52/h1-42H. The molecule has 0 saturated heterocycles. The van der Waals surface area contributed by atoms with E-state index in [1.54, 1.807) is 0 Å². The fraction of sp³-hybridized carbons (Fsp3) is 0. The fourth-order valence-corrected chi connectivity index (χ4v) is 32.7. The van der Waals surface area contributed by atoms with Crippen LogP contribution < -0.4 is 35.2 Å². The van der Waals surface area contributed by atoms with Crippen molar-refractivity contribution >= 4 is 61.7 Å². The molecule has 2 heteroatoms. The summed E-state index contributed by atoms with van der Waals surface area (Å²) < 4.78 is 11.9. The average molecular weight is 908 g/mol. The number of fused-ring (bicyclic) bond motifs is 6. The van der Waals surface area contributed by atoms with Gasteiger partial charge in [-0.25, -0.2) is 0 Å². The third kappa shape index (κ3) is 5.60. The Kier molecular flexibility index (Phi) is 8.99. The molecular weight excluding hydrogens is 866 g/mol. The average Bonchev–Trinajstić information content (AvgIpc) is 3.83. The number of hydrogen-bond donors (Lipinski definition) is 0. The van der Waals surface area contributed by atoms with E-state index in [9.17, 15) is 0 Å². The summed E-state index contributed by atoms with van der Waals surface area (Å²) in [6.07, 6.45) is 0. The van der Waals surface area contributed by atoms with Crippen molar-refractivity contribution in [3.63, 3.8) is 0 Å². The third-order valence-corrected chi connectivity index (χ3v) is 34.1. The molecule has 0 saturated carbocycles. The normalized spacial score (nSPS) is 13.7. The molecule has 0 spiro atoms. The van der Waals surface area contributed by atoms with Crippen LogP contribution in [-0.4, -0.2) is 26.5 Å². The Hall–Kier alpha value is -6.71. The molecule has 0 atom stereocenters. The van der Waals surface area contributed by atoms with E-state index in [1.165, 1.54) is 90.8 Å². The summed E-state index contributed by atoms with van der Waals surface area (Å²) in [5.41, 5.74) is 12.9. The molecule has 290 valence electrons. The van der Waals surface area contributed by atoms with Gasteiger partial charge >= 0.3 is 372 Å². The molecule has 62 heavy (non-hydrogen) atoms. The number of rotatable bonds is 7. The Bertz CT molecular complexity index is 2990. The van der Waals surface area contributed by atoms with Crippen LogP contribution in [0.25, 0.3) is 55.6 Å². The van der Waals surface area contributed by atoms with Crippen LogP contribution in [0.5, 0.6) is 0 Å². The molecule has 0 unspecified atom stereocenters. The van der Waals surface area contributed by atoms with E-state index in [2.05, 4.69) is 255 Å². The van der Waals surface area contributed by atoms with E-state index in [1.807, 2.05) is 0 Å². The molecular formula is C60H42Ge2. The van der Waals surface area contributed by atoms with Crippen molar-refractivity contribution in [1.82, 2.24) is 0 Å². The summed E-state index contributed by atoms with van der Waals surface area (Å²) in [6, 6.07) is 96.8. The van der Waals surface area contributed by atoms with Crippen molar-refractivity contribution in [2.45, 2.75) is 0 Å². The fourth-order valence-electron chi connectivity index (χ4n) is 11.0. The first-order valence-corrected chi connectivity index (χ1v) is 30.1. The predicted molar refractivity (Wildman–Crippen MR) is 268 cm³/mol. The van der Waals surface area contributed by atoms with Gasteiger partial charge in [-0.2, -0.15) is 0 Å². The molecule has 0 amide bonds.